The molecule has 4 rings (SSSR count). The Morgan fingerprint density at radius 3 is 2.59 bits per heavy atom. The highest BCUT2D eigenvalue weighted by molar-refractivity contribution is 6.35. The number of hydrogen-bond donors (Lipinski definition) is 1. The van der Waals surface area contributed by atoms with Gasteiger partial charge in [0.1, 0.15) is 0 Å². The van der Waals surface area contributed by atoms with Crippen molar-refractivity contribution in [3.05, 3.63) is 88.2 Å². The third kappa shape index (κ3) is 3.85. The molecule has 0 atom stereocenters. The minimum atomic E-state index is -0.524. The highest BCUT2D eigenvalue weighted by Gasteiger charge is 2.18. The predicted molar refractivity (Wildman–Crippen MR) is 112 cm³/mol. The Hall–Kier alpha value is -3.22. The molecule has 4 aromatic rings. The van der Waals surface area contributed by atoms with E-state index >= 15 is 0 Å². The van der Waals surface area contributed by atoms with Gasteiger partial charge in [-0.1, -0.05) is 47.5 Å². The molecule has 0 unspecified atom stereocenters. The lowest BCUT2D eigenvalue weighted by Crippen LogP contribution is -1.99. The summed E-state index contributed by atoms with van der Waals surface area (Å²) in [6, 6.07) is 15.6. The maximum atomic E-state index is 12.2. The van der Waals surface area contributed by atoms with E-state index in [4.69, 9.17) is 23.2 Å². The zero-order valence-corrected chi connectivity index (χ0v) is 16.5. The number of carbonyl (C=O) groups is 1. The van der Waals surface area contributed by atoms with Gasteiger partial charge in [0.25, 0.3) is 5.91 Å². The SMILES string of the molecule is O=C(N=Nc1c(O)n(Cc2ccc(Cl)cc2Cl)c2ccccc12)c1ccncc1. The van der Waals surface area contributed by atoms with Crippen LogP contribution >= 0.6 is 23.2 Å². The Morgan fingerprint density at radius 2 is 1.83 bits per heavy atom. The third-order valence-electron chi connectivity index (χ3n) is 4.43. The third-order valence-corrected chi connectivity index (χ3v) is 5.02. The molecule has 1 amide bonds. The van der Waals surface area contributed by atoms with Crippen LogP contribution in [0.4, 0.5) is 5.69 Å². The number of azo groups is 1. The van der Waals surface area contributed by atoms with Crippen molar-refractivity contribution in [2.24, 2.45) is 10.2 Å². The van der Waals surface area contributed by atoms with Gasteiger partial charge in [0, 0.05) is 33.4 Å². The Balaban J connectivity index is 1.75. The summed E-state index contributed by atoms with van der Waals surface area (Å²) in [7, 11) is 0. The van der Waals surface area contributed by atoms with Crippen LogP contribution in [0.15, 0.2) is 77.2 Å². The van der Waals surface area contributed by atoms with Crippen LogP contribution in [-0.2, 0) is 6.54 Å². The summed E-state index contributed by atoms with van der Waals surface area (Å²) >= 11 is 12.3. The van der Waals surface area contributed by atoms with Gasteiger partial charge in [-0.15, -0.1) is 10.2 Å². The number of rotatable bonds is 4. The standard InChI is InChI=1S/C21H14Cl2N4O2/c22-15-6-5-14(17(23)11-15)12-27-18-4-2-1-3-16(18)19(21(27)29)25-26-20(28)13-7-9-24-10-8-13/h1-11,29H,12H2. The number of benzene rings is 2. The van der Waals surface area contributed by atoms with Crippen molar-refractivity contribution in [2.45, 2.75) is 6.54 Å². The van der Waals surface area contributed by atoms with Gasteiger partial charge < -0.3 is 9.67 Å². The van der Waals surface area contributed by atoms with Crippen molar-refractivity contribution in [2.75, 3.05) is 0 Å². The summed E-state index contributed by atoms with van der Waals surface area (Å²) in [5.41, 5.74) is 2.10. The van der Waals surface area contributed by atoms with Gasteiger partial charge in [0.15, 0.2) is 5.69 Å². The summed E-state index contributed by atoms with van der Waals surface area (Å²) in [6.45, 7) is 0.302. The molecule has 8 heteroatoms. The number of fused-ring (bicyclic) bond motifs is 1. The maximum Gasteiger partial charge on any atom is 0.295 e. The topological polar surface area (TPSA) is 79.8 Å². The summed E-state index contributed by atoms with van der Waals surface area (Å²) in [5.74, 6) is -0.632. The lowest BCUT2D eigenvalue weighted by atomic mass is 10.2. The number of amides is 1. The van der Waals surface area contributed by atoms with Crippen molar-refractivity contribution in [1.29, 1.82) is 0 Å². The molecule has 0 aliphatic heterocycles. The zero-order chi connectivity index (χ0) is 20.4. The highest BCUT2D eigenvalue weighted by atomic mass is 35.5. The van der Waals surface area contributed by atoms with Gasteiger partial charge >= 0.3 is 0 Å². The molecule has 144 valence electrons. The molecule has 0 saturated heterocycles. The van der Waals surface area contributed by atoms with Crippen molar-refractivity contribution >= 4 is 45.7 Å². The molecule has 2 aromatic heterocycles. The lowest BCUT2D eigenvalue weighted by Gasteiger charge is -2.09. The number of aromatic hydroxyl groups is 1. The Kier molecular flexibility index (Phi) is 5.29. The molecule has 6 nitrogen and oxygen atoms in total. The Bertz CT molecular complexity index is 1240. The molecular weight excluding hydrogens is 411 g/mol. The monoisotopic (exact) mass is 424 g/mol. The van der Waals surface area contributed by atoms with Gasteiger partial charge in [0.05, 0.1) is 12.1 Å². The van der Waals surface area contributed by atoms with E-state index in [0.29, 0.717) is 27.5 Å². The first-order valence-corrected chi connectivity index (χ1v) is 9.40. The molecule has 0 bridgehead atoms. The second-order valence-electron chi connectivity index (χ2n) is 6.25. The number of hydrogen-bond acceptors (Lipinski definition) is 4. The molecule has 0 aliphatic rings. The molecule has 0 fully saturated rings. The Labute approximate surface area is 176 Å². The number of pyridine rings is 1. The molecule has 0 radical (unpaired) electrons. The van der Waals surface area contributed by atoms with E-state index in [1.165, 1.54) is 12.4 Å². The van der Waals surface area contributed by atoms with Crippen LogP contribution in [0.25, 0.3) is 10.9 Å². The first-order valence-electron chi connectivity index (χ1n) is 8.65. The van der Waals surface area contributed by atoms with E-state index < -0.39 is 5.91 Å². The van der Waals surface area contributed by atoms with E-state index in [2.05, 4.69) is 15.2 Å². The summed E-state index contributed by atoms with van der Waals surface area (Å²) in [6.07, 6.45) is 3.00. The van der Waals surface area contributed by atoms with Crippen LogP contribution in [0.2, 0.25) is 10.0 Å². The molecule has 2 heterocycles. The van der Waals surface area contributed by atoms with E-state index in [-0.39, 0.29) is 11.6 Å². The zero-order valence-electron chi connectivity index (χ0n) is 15.0. The fraction of sp³-hybridized carbons (Fsp3) is 0.0476. The van der Waals surface area contributed by atoms with Crippen molar-refractivity contribution in [1.82, 2.24) is 9.55 Å². The fourth-order valence-corrected chi connectivity index (χ4v) is 3.47. The van der Waals surface area contributed by atoms with Gasteiger partial charge in [0.2, 0.25) is 5.88 Å². The summed E-state index contributed by atoms with van der Waals surface area (Å²) in [4.78, 5) is 16.1. The van der Waals surface area contributed by atoms with Crippen LogP contribution in [0, 0.1) is 0 Å². The van der Waals surface area contributed by atoms with Crippen LogP contribution in [0.3, 0.4) is 0 Å². The van der Waals surface area contributed by atoms with Crippen LogP contribution in [0.1, 0.15) is 15.9 Å². The average molecular weight is 425 g/mol. The molecule has 2 aromatic carbocycles. The largest absolute Gasteiger partial charge is 0.493 e. The fourth-order valence-electron chi connectivity index (χ4n) is 3.00. The molecule has 0 aliphatic carbocycles. The normalized spacial score (nSPS) is 11.4. The van der Waals surface area contributed by atoms with Crippen molar-refractivity contribution in [3.63, 3.8) is 0 Å². The van der Waals surface area contributed by atoms with E-state index in [1.807, 2.05) is 18.2 Å². The average Bonchev–Trinajstić information content (AvgIpc) is 3.00. The minimum absolute atomic E-state index is 0.108. The van der Waals surface area contributed by atoms with Gasteiger partial charge in [-0.05, 0) is 35.9 Å². The molecule has 0 spiro atoms. The molecule has 1 N–H and O–H groups in total. The highest BCUT2D eigenvalue weighted by Crippen LogP contribution is 2.39. The quantitative estimate of drug-likeness (QED) is 0.406. The number of carbonyl (C=O) groups excluding carboxylic acids is 1. The Morgan fingerprint density at radius 1 is 1.07 bits per heavy atom. The van der Waals surface area contributed by atoms with E-state index in [9.17, 15) is 9.90 Å². The summed E-state index contributed by atoms with van der Waals surface area (Å²) < 4.78 is 1.66. The summed E-state index contributed by atoms with van der Waals surface area (Å²) in [5, 5.41) is 20.3. The first-order chi connectivity index (χ1) is 14.0. The lowest BCUT2D eigenvalue weighted by molar-refractivity contribution is 0.0995. The van der Waals surface area contributed by atoms with Crippen molar-refractivity contribution < 1.29 is 9.90 Å². The van der Waals surface area contributed by atoms with Crippen LogP contribution < -0.4 is 0 Å². The van der Waals surface area contributed by atoms with Gasteiger partial charge in [-0.3, -0.25) is 9.78 Å². The predicted octanol–water partition coefficient (Wildman–Crippen LogP) is 6.02. The number of nitrogens with zero attached hydrogens (tertiary/aromatic N) is 4. The first kappa shape index (κ1) is 19.1. The minimum Gasteiger partial charge on any atom is -0.493 e. The van der Waals surface area contributed by atoms with Gasteiger partial charge in [-0.2, -0.15) is 0 Å². The second kappa shape index (κ2) is 8.03. The molecule has 0 saturated carbocycles. The number of para-hydroxylation sites is 1. The smallest absolute Gasteiger partial charge is 0.295 e. The molecule has 29 heavy (non-hydrogen) atoms. The van der Waals surface area contributed by atoms with E-state index in [0.717, 1.165) is 11.1 Å². The van der Waals surface area contributed by atoms with Gasteiger partial charge in [-0.25, -0.2) is 0 Å². The van der Waals surface area contributed by atoms with Crippen LogP contribution in [0.5, 0.6) is 5.88 Å². The van der Waals surface area contributed by atoms with Crippen LogP contribution in [-0.4, -0.2) is 20.6 Å². The van der Waals surface area contributed by atoms with E-state index in [1.54, 1.807) is 41.0 Å². The van der Waals surface area contributed by atoms with Crippen molar-refractivity contribution in [3.8, 4) is 5.88 Å². The molecular formula is C21H14Cl2N4O2. The number of aromatic nitrogens is 2. The second-order valence-corrected chi connectivity index (χ2v) is 7.10. The maximum absolute atomic E-state index is 12.2. The number of halogens is 2.